The van der Waals surface area contributed by atoms with Crippen molar-refractivity contribution in [2.75, 3.05) is 0 Å². The standard InChI is InChI=1S/C14H14S/c1-10-9-15-14-8-12-5-3-2-4-11(12)6-7-13(10)14/h2-5,9H,6-8H2,1H3. The first-order valence-electron chi connectivity index (χ1n) is 5.47. The van der Waals surface area contributed by atoms with E-state index in [0.717, 1.165) is 6.42 Å². The van der Waals surface area contributed by atoms with E-state index in [1.54, 1.807) is 16.0 Å². The van der Waals surface area contributed by atoms with E-state index in [1.807, 2.05) is 11.3 Å². The van der Waals surface area contributed by atoms with Crippen LogP contribution in [0.25, 0.3) is 0 Å². The van der Waals surface area contributed by atoms with Crippen LogP contribution in [0.5, 0.6) is 0 Å². The number of benzene rings is 1. The normalized spacial score (nSPS) is 14.2. The zero-order valence-corrected chi connectivity index (χ0v) is 9.73. The fraction of sp³-hybridized carbons (Fsp3) is 0.286. The molecule has 1 heterocycles. The second kappa shape index (κ2) is 3.49. The van der Waals surface area contributed by atoms with Gasteiger partial charge in [0.2, 0.25) is 0 Å². The van der Waals surface area contributed by atoms with Crippen LogP contribution in [0.2, 0.25) is 0 Å². The van der Waals surface area contributed by atoms with Crippen LogP contribution >= 0.6 is 11.3 Å². The predicted octanol–water partition coefficient (Wildman–Crippen LogP) is 3.75. The van der Waals surface area contributed by atoms with Gasteiger partial charge in [0.1, 0.15) is 0 Å². The van der Waals surface area contributed by atoms with Crippen molar-refractivity contribution >= 4 is 11.3 Å². The van der Waals surface area contributed by atoms with Gasteiger partial charge in [-0.25, -0.2) is 0 Å². The lowest BCUT2D eigenvalue weighted by Crippen LogP contribution is -1.91. The summed E-state index contributed by atoms with van der Waals surface area (Å²) in [6, 6.07) is 8.87. The van der Waals surface area contributed by atoms with Crippen LogP contribution in [0.4, 0.5) is 0 Å². The van der Waals surface area contributed by atoms with E-state index >= 15 is 0 Å². The van der Waals surface area contributed by atoms with E-state index in [0.29, 0.717) is 0 Å². The SMILES string of the molecule is Cc1csc2c1CCc1ccccc1C2. The van der Waals surface area contributed by atoms with Crippen molar-refractivity contribution in [1.29, 1.82) is 0 Å². The van der Waals surface area contributed by atoms with E-state index in [1.165, 1.54) is 24.0 Å². The van der Waals surface area contributed by atoms with Crippen LogP contribution in [-0.4, -0.2) is 0 Å². The fourth-order valence-electron chi connectivity index (χ4n) is 2.41. The Bertz CT molecular complexity index is 494. The Morgan fingerprint density at radius 1 is 1.07 bits per heavy atom. The largest absolute Gasteiger partial charge is 0.148 e. The molecule has 0 N–H and O–H groups in total. The van der Waals surface area contributed by atoms with E-state index in [4.69, 9.17) is 0 Å². The molecular weight excluding hydrogens is 200 g/mol. The van der Waals surface area contributed by atoms with Gasteiger partial charge in [-0.15, -0.1) is 11.3 Å². The van der Waals surface area contributed by atoms with Crippen molar-refractivity contribution in [1.82, 2.24) is 0 Å². The number of hydrogen-bond acceptors (Lipinski definition) is 1. The molecular formula is C14H14S. The van der Waals surface area contributed by atoms with Gasteiger partial charge in [-0.2, -0.15) is 0 Å². The summed E-state index contributed by atoms with van der Waals surface area (Å²) in [7, 11) is 0. The Kier molecular flexibility index (Phi) is 2.14. The molecule has 1 aromatic carbocycles. The maximum atomic E-state index is 2.30. The Morgan fingerprint density at radius 2 is 1.87 bits per heavy atom. The van der Waals surface area contributed by atoms with Gasteiger partial charge in [0.05, 0.1) is 0 Å². The van der Waals surface area contributed by atoms with Crippen molar-refractivity contribution < 1.29 is 0 Å². The topological polar surface area (TPSA) is 0 Å². The summed E-state index contributed by atoms with van der Waals surface area (Å²) in [5.74, 6) is 0. The summed E-state index contributed by atoms with van der Waals surface area (Å²) in [6.45, 7) is 2.24. The summed E-state index contributed by atoms with van der Waals surface area (Å²) in [6.07, 6.45) is 3.58. The molecule has 0 atom stereocenters. The maximum Gasteiger partial charge on any atom is 0.0124 e. The summed E-state index contributed by atoms with van der Waals surface area (Å²) < 4.78 is 0. The predicted molar refractivity (Wildman–Crippen MR) is 65.7 cm³/mol. The molecule has 0 nitrogen and oxygen atoms in total. The fourth-order valence-corrected chi connectivity index (χ4v) is 3.52. The van der Waals surface area contributed by atoms with Crippen molar-refractivity contribution in [3.05, 3.63) is 56.8 Å². The molecule has 1 heteroatoms. The third-order valence-corrected chi connectivity index (χ3v) is 4.45. The number of aryl methyl sites for hydroxylation is 2. The molecule has 0 saturated heterocycles. The molecule has 1 aromatic heterocycles. The zero-order valence-electron chi connectivity index (χ0n) is 8.92. The molecule has 0 bridgehead atoms. The minimum atomic E-state index is 1.14. The molecule has 2 aromatic rings. The molecule has 0 spiro atoms. The molecule has 0 aliphatic heterocycles. The second-order valence-electron chi connectivity index (χ2n) is 4.27. The molecule has 1 aliphatic rings. The summed E-state index contributed by atoms with van der Waals surface area (Å²) in [5, 5.41) is 2.30. The average molecular weight is 214 g/mol. The summed E-state index contributed by atoms with van der Waals surface area (Å²) in [5.41, 5.74) is 6.16. The Balaban J connectivity index is 2.10. The molecule has 1 aliphatic carbocycles. The van der Waals surface area contributed by atoms with Crippen LogP contribution < -0.4 is 0 Å². The number of hydrogen-bond donors (Lipinski definition) is 0. The third-order valence-electron chi connectivity index (χ3n) is 3.30. The molecule has 0 radical (unpaired) electrons. The molecule has 0 saturated carbocycles. The number of thiophene rings is 1. The quantitative estimate of drug-likeness (QED) is 0.626. The van der Waals surface area contributed by atoms with E-state index in [9.17, 15) is 0 Å². The molecule has 0 unspecified atom stereocenters. The van der Waals surface area contributed by atoms with Crippen molar-refractivity contribution in [3.8, 4) is 0 Å². The lowest BCUT2D eigenvalue weighted by Gasteiger charge is -2.03. The smallest absolute Gasteiger partial charge is 0.0124 e. The third kappa shape index (κ3) is 1.51. The van der Waals surface area contributed by atoms with Crippen molar-refractivity contribution in [3.63, 3.8) is 0 Å². The highest BCUT2D eigenvalue weighted by molar-refractivity contribution is 7.10. The highest BCUT2D eigenvalue weighted by Crippen LogP contribution is 2.30. The molecule has 0 amide bonds. The molecule has 0 fully saturated rings. The minimum absolute atomic E-state index is 1.14. The van der Waals surface area contributed by atoms with Crippen molar-refractivity contribution in [2.45, 2.75) is 26.2 Å². The lowest BCUT2D eigenvalue weighted by molar-refractivity contribution is 0.960. The van der Waals surface area contributed by atoms with Gasteiger partial charge in [-0.05, 0) is 47.4 Å². The zero-order chi connectivity index (χ0) is 10.3. The van der Waals surface area contributed by atoms with Gasteiger partial charge >= 0.3 is 0 Å². The van der Waals surface area contributed by atoms with E-state index in [-0.39, 0.29) is 0 Å². The van der Waals surface area contributed by atoms with Gasteiger partial charge in [-0.1, -0.05) is 24.3 Å². The van der Waals surface area contributed by atoms with E-state index in [2.05, 4.69) is 36.6 Å². The monoisotopic (exact) mass is 214 g/mol. The van der Waals surface area contributed by atoms with Crippen LogP contribution in [0.3, 0.4) is 0 Å². The number of rotatable bonds is 0. The second-order valence-corrected chi connectivity index (χ2v) is 5.23. The van der Waals surface area contributed by atoms with Crippen LogP contribution in [0.15, 0.2) is 29.6 Å². The summed E-state index contributed by atoms with van der Waals surface area (Å²) in [4.78, 5) is 1.58. The van der Waals surface area contributed by atoms with Gasteiger partial charge in [0.25, 0.3) is 0 Å². The molecule has 15 heavy (non-hydrogen) atoms. The Labute approximate surface area is 94.6 Å². The van der Waals surface area contributed by atoms with Crippen molar-refractivity contribution in [2.24, 2.45) is 0 Å². The van der Waals surface area contributed by atoms with Gasteiger partial charge in [-0.3, -0.25) is 0 Å². The maximum absolute atomic E-state index is 2.30. The molecule has 76 valence electrons. The Morgan fingerprint density at radius 3 is 2.73 bits per heavy atom. The van der Waals surface area contributed by atoms with Gasteiger partial charge in [0.15, 0.2) is 0 Å². The highest BCUT2D eigenvalue weighted by Gasteiger charge is 2.15. The molecule has 3 rings (SSSR count). The van der Waals surface area contributed by atoms with Crippen LogP contribution in [0.1, 0.15) is 27.1 Å². The summed E-state index contributed by atoms with van der Waals surface area (Å²) >= 11 is 1.93. The van der Waals surface area contributed by atoms with E-state index < -0.39 is 0 Å². The van der Waals surface area contributed by atoms with Gasteiger partial charge in [0, 0.05) is 11.3 Å². The van der Waals surface area contributed by atoms with Gasteiger partial charge < -0.3 is 0 Å². The van der Waals surface area contributed by atoms with Crippen LogP contribution in [-0.2, 0) is 19.3 Å². The van der Waals surface area contributed by atoms with Crippen LogP contribution in [0, 0.1) is 6.92 Å². The Hall–Kier alpha value is -1.08. The number of fused-ring (bicyclic) bond motifs is 2. The highest BCUT2D eigenvalue weighted by atomic mass is 32.1. The first-order chi connectivity index (χ1) is 7.34. The average Bonchev–Trinajstić information content (AvgIpc) is 2.51. The first-order valence-corrected chi connectivity index (χ1v) is 6.35. The first kappa shape index (κ1) is 9.17. The minimum Gasteiger partial charge on any atom is -0.148 e. The lowest BCUT2D eigenvalue weighted by atomic mass is 10.0.